The lowest BCUT2D eigenvalue weighted by molar-refractivity contribution is -0.140. The minimum Gasteiger partial charge on any atom is -0.480 e. The van der Waals surface area contributed by atoms with E-state index in [0.717, 1.165) is 34.8 Å². The van der Waals surface area contributed by atoms with Gasteiger partial charge in [-0.1, -0.05) is 47.5 Å². The Bertz CT molecular complexity index is 972. The number of hydrogen-bond donors (Lipinski definition) is 2. The van der Waals surface area contributed by atoms with Gasteiger partial charge >= 0.3 is 5.97 Å². The van der Waals surface area contributed by atoms with Crippen LogP contribution in [0, 0.1) is 0 Å². The molecule has 0 saturated heterocycles. The van der Waals surface area contributed by atoms with Crippen LogP contribution >= 0.6 is 34.5 Å². The Morgan fingerprint density at radius 2 is 1.93 bits per heavy atom. The SMILES string of the molecule is CN(Cc1ccc(C(O)N(C)CC(=O)O)cc1)c1nc(C2=CC(Cl)=C(Cl)CC2)cs1. The number of aliphatic hydroxyl groups is 1. The van der Waals surface area contributed by atoms with Gasteiger partial charge in [-0.25, -0.2) is 4.98 Å². The second-order valence-corrected chi connectivity index (χ2v) is 8.92. The van der Waals surface area contributed by atoms with E-state index in [2.05, 4.69) is 4.90 Å². The summed E-state index contributed by atoms with van der Waals surface area (Å²) in [6, 6.07) is 7.47. The van der Waals surface area contributed by atoms with Crippen LogP contribution in [0.5, 0.6) is 0 Å². The summed E-state index contributed by atoms with van der Waals surface area (Å²) in [5, 5.41) is 23.3. The van der Waals surface area contributed by atoms with Gasteiger partial charge in [0.15, 0.2) is 5.13 Å². The van der Waals surface area contributed by atoms with Gasteiger partial charge in [-0.05, 0) is 42.7 Å². The highest BCUT2D eigenvalue weighted by Crippen LogP contribution is 2.35. The number of nitrogens with zero attached hydrogens (tertiary/aromatic N) is 3. The number of anilines is 1. The van der Waals surface area contributed by atoms with Gasteiger partial charge in [0.05, 0.1) is 17.3 Å². The smallest absolute Gasteiger partial charge is 0.317 e. The van der Waals surface area contributed by atoms with Crippen molar-refractivity contribution in [1.82, 2.24) is 9.88 Å². The number of allylic oxidation sites excluding steroid dienone is 4. The number of carboxylic acids is 1. The third kappa shape index (κ3) is 5.62. The number of likely N-dealkylation sites (N-methyl/N-ethyl adjacent to an activating group) is 1. The van der Waals surface area contributed by atoms with E-state index in [1.165, 1.54) is 4.90 Å². The molecule has 1 aromatic heterocycles. The van der Waals surface area contributed by atoms with Crippen molar-refractivity contribution in [3.8, 4) is 0 Å². The molecule has 2 aromatic rings. The molecular formula is C21H23Cl2N3O3S. The molecular weight excluding hydrogens is 445 g/mol. The molecule has 9 heteroatoms. The minimum atomic E-state index is -0.983. The number of rotatable bonds is 8. The van der Waals surface area contributed by atoms with E-state index in [-0.39, 0.29) is 6.54 Å². The zero-order valence-electron chi connectivity index (χ0n) is 16.7. The van der Waals surface area contributed by atoms with Crippen molar-refractivity contribution in [2.24, 2.45) is 0 Å². The van der Waals surface area contributed by atoms with Crippen LogP contribution in [0.3, 0.4) is 0 Å². The van der Waals surface area contributed by atoms with Crippen molar-refractivity contribution < 1.29 is 15.0 Å². The second-order valence-electron chi connectivity index (χ2n) is 7.22. The van der Waals surface area contributed by atoms with Crippen LogP contribution in [-0.4, -0.2) is 46.7 Å². The molecule has 1 aliphatic carbocycles. The van der Waals surface area contributed by atoms with Gasteiger partial charge in [-0.15, -0.1) is 11.3 Å². The molecule has 0 fully saturated rings. The summed E-state index contributed by atoms with van der Waals surface area (Å²) in [4.78, 5) is 19.0. The molecule has 0 saturated carbocycles. The molecule has 0 radical (unpaired) electrons. The van der Waals surface area contributed by atoms with E-state index in [0.29, 0.717) is 22.2 Å². The molecule has 6 nitrogen and oxygen atoms in total. The number of aliphatic hydroxyl groups excluding tert-OH is 1. The predicted octanol–water partition coefficient (Wildman–Crippen LogP) is 4.65. The lowest BCUT2D eigenvalue weighted by Crippen LogP contribution is -2.29. The summed E-state index contributed by atoms with van der Waals surface area (Å²) in [5.41, 5.74) is 3.71. The van der Waals surface area contributed by atoms with Crippen molar-refractivity contribution in [2.45, 2.75) is 25.6 Å². The van der Waals surface area contributed by atoms with Crippen molar-refractivity contribution in [1.29, 1.82) is 0 Å². The number of carbonyl (C=O) groups is 1. The van der Waals surface area contributed by atoms with Crippen LogP contribution in [0.15, 0.2) is 45.8 Å². The standard InChI is InChI=1S/C21H23Cl2N3O3S/c1-25(11-19(27)28)20(29)14-5-3-13(4-6-14)10-26(2)21-24-18(12-30-21)15-7-8-16(22)17(23)9-15/h3-6,9,12,20,29H,7-8,10-11H2,1-2H3,(H,27,28). The van der Waals surface area contributed by atoms with Crippen LogP contribution in [0.25, 0.3) is 5.57 Å². The number of aliphatic carboxylic acids is 1. The molecule has 1 aliphatic rings. The summed E-state index contributed by atoms with van der Waals surface area (Å²) >= 11 is 13.8. The van der Waals surface area contributed by atoms with Crippen molar-refractivity contribution in [3.63, 3.8) is 0 Å². The highest BCUT2D eigenvalue weighted by molar-refractivity contribution is 7.13. The van der Waals surface area contributed by atoms with E-state index in [4.69, 9.17) is 33.3 Å². The maximum atomic E-state index is 10.8. The third-order valence-electron chi connectivity index (χ3n) is 4.82. The van der Waals surface area contributed by atoms with Gasteiger partial charge in [0.25, 0.3) is 0 Å². The molecule has 0 bridgehead atoms. The number of halogens is 2. The first kappa shape index (κ1) is 22.8. The van der Waals surface area contributed by atoms with Gasteiger partial charge in [-0.3, -0.25) is 9.69 Å². The van der Waals surface area contributed by atoms with Gasteiger partial charge in [0.1, 0.15) is 6.23 Å². The van der Waals surface area contributed by atoms with Crippen molar-refractivity contribution in [3.05, 3.63) is 62.6 Å². The number of hydrogen-bond acceptors (Lipinski definition) is 6. The predicted molar refractivity (Wildman–Crippen MR) is 122 cm³/mol. The first-order valence-corrected chi connectivity index (χ1v) is 11.0. The Morgan fingerprint density at radius 3 is 2.57 bits per heavy atom. The normalized spacial score (nSPS) is 15.3. The summed E-state index contributed by atoms with van der Waals surface area (Å²) in [6.45, 7) is 0.418. The molecule has 3 rings (SSSR count). The molecule has 1 aromatic carbocycles. The Morgan fingerprint density at radius 1 is 1.23 bits per heavy atom. The van der Waals surface area contributed by atoms with Crippen LogP contribution in [-0.2, 0) is 11.3 Å². The lowest BCUT2D eigenvalue weighted by atomic mass is 10.0. The fourth-order valence-electron chi connectivity index (χ4n) is 3.15. The molecule has 1 heterocycles. The largest absolute Gasteiger partial charge is 0.480 e. The Hall–Kier alpha value is -1.90. The van der Waals surface area contributed by atoms with Crippen LogP contribution in [0.1, 0.15) is 35.9 Å². The van der Waals surface area contributed by atoms with E-state index in [1.807, 2.05) is 42.8 Å². The van der Waals surface area contributed by atoms with Crippen molar-refractivity contribution >= 4 is 51.2 Å². The zero-order valence-corrected chi connectivity index (χ0v) is 19.0. The Kier molecular flexibility index (Phi) is 7.55. The highest BCUT2D eigenvalue weighted by atomic mass is 35.5. The zero-order chi connectivity index (χ0) is 21.8. The lowest BCUT2D eigenvalue weighted by Gasteiger charge is -2.22. The third-order valence-corrected chi connectivity index (χ3v) is 6.60. The van der Waals surface area contributed by atoms with E-state index < -0.39 is 12.2 Å². The number of thiazole rings is 1. The van der Waals surface area contributed by atoms with E-state index in [1.54, 1.807) is 18.4 Å². The molecule has 0 amide bonds. The number of carboxylic acid groups (broad SMARTS) is 1. The molecule has 160 valence electrons. The quantitative estimate of drug-likeness (QED) is 0.550. The fraction of sp³-hybridized carbons (Fsp3) is 0.333. The summed E-state index contributed by atoms with van der Waals surface area (Å²) in [6.07, 6.45) is 2.47. The second kappa shape index (κ2) is 9.94. The summed E-state index contributed by atoms with van der Waals surface area (Å²) in [7, 11) is 3.55. The summed E-state index contributed by atoms with van der Waals surface area (Å²) < 4.78 is 0. The van der Waals surface area contributed by atoms with Crippen LogP contribution in [0.4, 0.5) is 5.13 Å². The van der Waals surface area contributed by atoms with E-state index >= 15 is 0 Å². The number of benzene rings is 1. The minimum absolute atomic E-state index is 0.234. The van der Waals surface area contributed by atoms with Crippen LogP contribution in [0.2, 0.25) is 0 Å². The first-order valence-electron chi connectivity index (χ1n) is 9.35. The molecule has 0 aliphatic heterocycles. The monoisotopic (exact) mass is 467 g/mol. The maximum Gasteiger partial charge on any atom is 0.317 e. The van der Waals surface area contributed by atoms with E-state index in [9.17, 15) is 9.90 Å². The molecule has 1 atom stereocenters. The molecule has 1 unspecified atom stereocenters. The topological polar surface area (TPSA) is 76.9 Å². The average molecular weight is 468 g/mol. The maximum absolute atomic E-state index is 10.8. The van der Waals surface area contributed by atoms with Gasteiger partial charge in [0, 0.05) is 24.0 Å². The van der Waals surface area contributed by atoms with Crippen LogP contribution < -0.4 is 4.90 Å². The van der Waals surface area contributed by atoms with Gasteiger partial charge < -0.3 is 15.1 Å². The number of aromatic nitrogens is 1. The average Bonchev–Trinajstić information content (AvgIpc) is 3.20. The van der Waals surface area contributed by atoms with Crippen molar-refractivity contribution in [2.75, 3.05) is 25.5 Å². The van der Waals surface area contributed by atoms with Gasteiger partial charge in [0.2, 0.25) is 0 Å². The highest BCUT2D eigenvalue weighted by Gasteiger charge is 2.17. The van der Waals surface area contributed by atoms with Gasteiger partial charge in [-0.2, -0.15) is 0 Å². The molecule has 30 heavy (non-hydrogen) atoms. The molecule has 0 spiro atoms. The summed E-state index contributed by atoms with van der Waals surface area (Å²) in [5.74, 6) is -0.983. The molecule has 2 N–H and O–H groups in total. The Labute approximate surface area is 189 Å². The Balaban J connectivity index is 1.64. The fourth-order valence-corrected chi connectivity index (χ4v) is 4.34. The first-order chi connectivity index (χ1) is 14.2.